The van der Waals surface area contributed by atoms with Crippen molar-refractivity contribution in [3.05, 3.63) is 42.5 Å². The number of rotatable bonds is 12. The third kappa shape index (κ3) is 6.73. The minimum atomic E-state index is -0.717. The number of ether oxygens (including phenoxy) is 3. The molecule has 5 nitrogen and oxygen atoms in total. The maximum Gasteiger partial charge on any atom is 0.170 e. The molecule has 158 valence electrons. The monoisotopic (exact) mass is 399 g/mol. The Labute approximate surface area is 174 Å². The molecule has 0 bridgehead atoms. The van der Waals surface area contributed by atoms with Crippen LogP contribution in [0.3, 0.4) is 0 Å². The lowest BCUT2D eigenvalue weighted by Gasteiger charge is -2.37. The summed E-state index contributed by atoms with van der Waals surface area (Å²) >= 11 is 0. The Balaban J connectivity index is 2.05. The normalized spacial score (nSPS) is 13.0. The molecular formula is C24H33NO4. The first-order valence-electron chi connectivity index (χ1n) is 10.2. The van der Waals surface area contributed by atoms with Gasteiger partial charge in [-0.1, -0.05) is 42.3 Å². The Morgan fingerprint density at radius 1 is 1.03 bits per heavy atom. The van der Waals surface area contributed by atoms with Gasteiger partial charge in [0, 0.05) is 25.1 Å². The molecule has 5 heteroatoms. The van der Waals surface area contributed by atoms with Crippen molar-refractivity contribution < 1.29 is 19.3 Å². The summed E-state index contributed by atoms with van der Waals surface area (Å²) in [4.78, 5) is 2.00. The number of aliphatic hydroxyl groups excluding tert-OH is 1. The van der Waals surface area contributed by atoms with Gasteiger partial charge >= 0.3 is 0 Å². The van der Waals surface area contributed by atoms with Crippen LogP contribution < -0.4 is 4.74 Å². The molecule has 0 saturated carbocycles. The summed E-state index contributed by atoms with van der Waals surface area (Å²) in [5, 5.41) is 12.8. The summed E-state index contributed by atoms with van der Waals surface area (Å²) in [7, 11) is 0. The fraction of sp³-hybridized carbons (Fsp3) is 0.500. The van der Waals surface area contributed by atoms with Gasteiger partial charge in [-0.05, 0) is 39.1 Å². The molecule has 0 fully saturated rings. The lowest BCUT2D eigenvalue weighted by Crippen LogP contribution is -2.51. The van der Waals surface area contributed by atoms with Crippen molar-refractivity contribution in [1.29, 1.82) is 0 Å². The fourth-order valence-corrected chi connectivity index (χ4v) is 3.14. The van der Waals surface area contributed by atoms with Crippen molar-refractivity contribution in [2.45, 2.75) is 45.6 Å². The van der Waals surface area contributed by atoms with Gasteiger partial charge in [0.05, 0.1) is 12.1 Å². The van der Waals surface area contributed by atoms with E-state index >= 15 is 0 Å². The van der Waals surface area contributed by atoms with Gasteiger partial charge in [-0.2, -0.15) is 0 Å². The molecule has 2 aromatic carbocycles. The molecule has 0 aliphatic heterocycles. The van der Waals surface area contributed by atoms with Crippen molar-refractivity contribution in [2.75, 3.05) is 32.9 Å². The van der Waals surface area contributed by atoms with E-state index < -0.39 is 17.9 Å². The second-order valence-corrected chi connectivity index (χ2v) is 7.39. The molecule has 2 aromatic rings. The number of aliphatic hydroxyl groups is 1. The van der Waals surface area contributed by atoms with Gasteiger partial charge in [-0.25, -0.2) is 0 Å². The number of hydrogen-bond donors (Lipinski definition) is 1. The van der Waals surface area contributed by atoms with Crippen LogP contribution in [-0.2, 0) is 9.47 Å². The quantitative estimate of drug-likeness (QED) is 0.436. The summed E-state index contributed by atoms with van der Waals surface area (Å²) in [5.41, 5.74) is -0.563. The molecular weight excluding hydrogens is 366 g/mol. The van der Waals surface area contributed by atoms with Crippen molar-refractivity contribution in [3.63, 3.8) is 0 Å². The van der Waals surface area contributed by atoms with E-state index in [1.807, 2.05) is 75.1 Å². The van der Waals surface area contributed by atoms with Crippen LogP contribution in [0, 0.1) is 12.3 Å². The first-order valence-corrected chi connectivity index (χ1v) is 10.2. The third-order valence-corrected chi connectivity index (χ3v) is 4.83. The second kappa shape index (κ2) is 11.2. The van der Waals surface area contributed by atoms with Gasteiger partial charge in [0.2, 0.25) is 0 Å². The lowest BCUT2D eigenvalue weighted by atomic mass is 10.0. The number of terminal acetylenes is 1. The highest BCUT2D eigenvalue weighted by molar-refractivity contribution is 5.88. The lowest BCUT2D eigenvalue weighted by molar-refractivity contribution is -0.155. The molecule has 0 aromatic heterocycles. The smallest absolute Gasteiger partial charge is 0.170 e. The van der Waals surface area contributed by atoms with Gasteiger partial charge in [-0.15, -0.1) is 6.42 Å². The standard InChI is InChI=1S/C24H33NO4/c1-6-24(4,5)25(17-23(27-7-2)28-8-3)16-20(26)18-29-22-15-11-13-19-12-9-10-14-21(19)22/h1,9-15,20,23,26H,7-8,16-18H2,2-5H3. The summed E-state index contributed by atoms with van der Waals surface area (Å²) < 4.78 is 17.3. The molecule has 0 amide bonds. The molecule has 0 aliphatic rings. The average Bonchev–Trinajstić information content (AvgIpc) is 2.72. The van der Waals surface area contributed by atoms with Crippen LogP contribution in [-0.4, -0.2) is 60.8 Å². The Bertz CT molecular complexity index is 788. The highest BCUT2D eigenvalue weighted by Gasteiger charge is 2.29. The zero-order chi connectivity index (χ0) is 21.3. The van der Waals surface area contributed by atoms with Crippen LogP contribution in [0.5, 0.6) is 5.75 Å². The molecule has 0 heterocycles. The topological polar surface area (TPSA) is 51.2 Å². The number of benzene rings is 2. The highest BCUT2D eigenvalue weighted by atomic mass is 16.7. The second-order valence-electron chi connectivity index (χ2n) is 7.39. The Morgan fingerprint density at radius 2 is 1.69 bits per heavy atom. The Kier molecular flexibility index (Phi) is 8.94. The Hall–Kier alpha value is -2.10. The van der Waals surface area contributed by atoms with Gasteiger partial charge in [-0.3, -0.25) is 4.90 Å². The summed E-state index contributed by atoms with van der Waals surface area (Å²) in [6.45, 7) is 9.80. The maximum absolute atomic E-state index is 10.7. The van der Waals surface area contributed by atoms with E-state index in [2.05, 4.69) is 5.92 Å². The van der Waals surface area contributed by atoms with E-state index in [4.69, 9.17) is 20.6 Å². The van der Waals surface area contributed by atoms with Crippen molar-refractivity contribution in [3.8, 4) is 18.1 Å². The van der Waals surface area contributed by atoms with E-state index in [1.165, 1.54) is 0 Å². The molecule has 29 heavy (non-hydrogen) atoms. The van der Waals surface area contributed by atoms with E-state index in [9.17, 15) is 5.11 Å². The van der Waals surface area contributed by atoms with Gasteiger partial charge < -0.3 is 19.3 Å². The third-order valence-electron chi connectivity index (χ3n) is 4.83. The van der Waals surface area contributed by atoms with Crippen LogP contribution in [0.2, 0.25) is 0 Å². The van der Waals surface area contributed by atoms with E-state index in [1.54, 1.807) is 0 Å². The first-order chi connectivity index (χ1) is 13.9. The van der Waals surface area contributed by atoms with Crippen LogP contribution in [0.4, 0.5) is 0 Å². The number of β-amino-alcohol motifs (C(OH)–C–C–N with tert-alkyl or cyclic N) is 1. The van der Waals surface area contributed by atoms with Gasteiger partial charge in [0.15, 0.2) is 6.29 Å². The first kappa shape index (κ1) is 23.2. The fourth-order valence-electron chi connectivity index (χ4n) is 3.14. The number of fused-ring (bicyclic) bond motifs is 1. The highest BCUT2D eigenvalue weighted by Crippen LogP contribution is 2.25. The van der Waals surface area contributed by atoms with Crippen molar-refractivity contribution in [1.82, 2.24) is 4.90 Å². The summed E-state index contributed by atoms with van der Waals surface area (Å²) in [6, 6.07) is 13.9. The molecule has 1 N–H and O–H groups in total. The van der Waals surface area contributed by atoms with Crippen LogP contribution in [0.1, 0.15) is 27.7 Å². The zero-order valence-electron chi connectivity index (χ0n) is 17.9. The summed E-state index contributed by atoms with van der Waals surface area (Å²) in [6.07, 6.45) is 4.63. The minimum Gasteiger partial charge on any atom is -0.490 e. The van der Waals surface area contributed by atoms with Gasteiger partial charge in [0.1, 0.15) is 18.5 Å². The average molecular weight is 400 g/mol. The van der Waals surface area contributed by atoms with E-state index in [-0.39, 0.29) is 6.61 Å². The van der Waals surface area contributed by atoms with Crippen molar-refractivity contribution >= 4 is 10.8 Å². The molecule has 1 unspecified atom stereocenters. The minimum absolute atomic E-state index is 0.166. The van der Waals surface area contributed by atoms with Crippen molar-refractivity contribution in [2.24, 2.45) is 0 Å². The number of nitrogens with zero attached hydrogens (tertiary/aromatic N) is 1. The number of hydrogen-bond acceptors (Lipinski definition) is 5. The largest absolute Gasteiger partial charge is 0.490 e. The van der Waals surface area contributed by atoms with E-state index in [0.29, 0.717) is 26.3 Å². The molecule has 2 rings (SSSR count). The van der Waals surface area contributed by atoms with Crippen LogP contribution in [0.25, 0.3) is 10.8 Å². The maximum atomic E-state index is 10.7. The predicted octanol–water partition coefficient (Wildman–Crippen LogP) is 3.69. The van der Waals surface area contributed by atoms with Gasteiger partial charge in [0.25, 0.3) is 0 Å². The molecule has 0 aliphatic carbocycles. The SMILES string of the molecule is C#CC(C)(C)N(CC(O)COc1cccc2ccccc12)CC(OCC)OCC. The van der Waals surface area contributed by atoms with Crippen LogP contribution in [0.15, 0.2) is 42.5 Å². The Morgan fingerprint density at radius 3 is 2.34 bits per heavy atom. The zero-order valence-corrected chi connectivity index (χ0v) is 17.9. The molecule has 0 radical (unpaired) electrons. The molecule has 0 saturated heterocycles. The van der Waals surface area contributed by atoms with E-state index in [0.717, 1.165) is 16.5 Å². The predicted molar refractivity (Wildman–Crippen MR) is 117 cm³/mol. The molecule has 0 spiro atoms. The molecule has 1 atom stereocenters. The van der Waals surface area contributed by atoms with Crippen LogP contribution >= 0.6 is 0 Å². The summed E-state index contributed by atoms with van der Waals surface area (Å²) in [5.74, 6) is 3.55.